The first-order valence-electron chi connectivity index (χ1n) is 10.3. The van der Waals surface area contributed by atoms with Gasteiger partial charge in [-0.05, 0) is 39.3 Å². The second-order valence-corrected chi connectivity index (χ2v) is 7.79. The molecule has 2 aromatic rings. The summed E-state index contributed by atoms with van der Waals surface area (Å²) in [4.78, 5) is 32.1. The standard InChI is InChI=1S/C21H30N4O5/c1-16-14-24(12-11-22(16)2)21(26)18-15-23(10-5-4-6-13-30-25(27)28)20-17(18)8-7-9-19(20)29-3/h7-9,15-16H,4-6,10-14H2,1-3H3/t16-/m1/s1. The third-order valence-electron chi connectivity index (χ3n) is 5.80. The third kappa shape index (κ3) is 4.84. The summed E-state index contributed by atoms with van der Waals surface area (Å²) in [6, 6.07) is 6.10. The maximum atomic E-state index is 13.3. The van der Waals surface area contributed by atoms with Gasteiger partial charge in [-0.3, -0.25) is 4.79 Å². The largest absolute Gasteiger partial charge is 0.495 e. The predicted molar refractivity (Wildman–Crippen MR) is 113 cm³/mol. The van der Waals surface area contributed by atoms with E-state index in [4.69, 9.17) is 4.74 Å². The molecule has 3 rings (SSSR count). The molecule has 1 amide bonds. The van der Waals surface area contributed by atoms with Crippen molar-refractivity contribution in [3.8, 4) is 5.75 Å². The second-order valence-electron chi connectivity index (χ2n) is 7.79. The number of likely N-dealkylation sites (N-methyl/N-ethyl adjacent to an activating group) is 1. The molecule has 0 spiro atoms. The van der Waals surface area contributed by atoms with E-state index in [1.807, 2.05) is 29.3 Å². The Labute approximate surface area is 176 Å². The van der Waals surface area contributed by atoms with Crippen LogP contribution in [0, 0.1) is 10.1 Å². The molecule has 9 heteroatoms. The number of piperazine rings is 1. The molecular weight excluding hydrogens is 388 g/mol. The smallest absolute Gasteiger partial charge is 0.294 e. The van der Waals surface area contributed by atoms with Gasteiger partial charge >= 0.3 is 0 Å². The lowest BCUT2D eigenvalue weighted by Crippen LogP contribution is -2.51. The molecular formula is C21H30N4O5. The third-order valence-corrected chi connectivity index (χ3v) is 5.80. The van der Waals surface area contributed by atoms with E-state index in [1.54, 1.807) is 7.11 Å². The Morgan fingerprint density at radius 1 is 1.27 bits per heavy atom. The van der Waals surface area contributed by atoms with Crippen LogP contribution in [0.2, 0.25) is 0 Å². The molecule has 1 aliphatic rings. The zero-order chi connectivity index (χ0) is 21.7. The number of aromatic nitrogens is 1. The summed E-state index contributed by atoms with van der Waals surface area (Å²) in [5.74, 6) is 0.779. The minimum absolute atomic E-state index is 0.0475. The lowest BCUT2D eigenvalue weighted by molar-refractivity contribution is -0.757. The van der Waals surface area contributed by atoms with Crippen LogP contribution >= 0.6 is 0 Å². The number of ether oxygens (including phenoxy) is 1. The number of fused-ring (bicyclic) bond motifs is 1. The number of carbonyl (C=O) groups is 1. The first-order chi connectivity index (χ1) is 14.4. The molecule has 0 unspecified atom stereocenters. The molecule has 1 fully saturated rings. The molecule has 164 valence electrons. The van der Waals surface area contributed by atoms with Gasteiger partial charge in [0.1, 0.15) is 5.75 Å². The van der Waals surface area contributed by atoms with Crippen LogP contribution in [0.3, 0.4) is 0 Å². The topological polar surface area (TPSA) is 90.1 Å². The van der Waals surface area contributed by atoms with Crippen molar-refractivity contribution in [1.29, 1.82) is 0 Å². The van der Waals surface area contributed by atoms with E-state index in [-0.39, 0.29) is 12.5 Å². The highest BCUT2D eigenvalue weighted by molar-refractivity contribution is 6.08. The summed E-state index contributed by atoms with van der Waals surface area (Å²) in [6.07, 6.45) is 4.15. The molecule has 1 aromatic heterocycles. The molecule has 2 heterocycles. The summed E-state index contributed by atoms with van der Waals surface area (Å²) in [5.41, 5.74) is 1.60. The molecule has 0 N–H and O–H groups in total. The van der Waals surface area contributed by atoms with Crippen LogP contribution in [0.4, 0.5) is 0 Å². The highest BCUT2D eigenvalue weighted by Crippen LogP contribution is 2.31. The van der Waals surface area contributed by atoms with Crippen molar-refractivity contribution in [2.75, 3.05) is 40.4 Å². The zero-order valence-electron chi connectivity index (χ0n) is 17.9. The van der Waals surface area contributed by atoms with E-state index in [9.17, 15) is 14.9 Å². The van der Waals surface area contributed by atoms with E-state index >= 15 is 0 Å². The van der Waals surface area contributed by atoms with Gasteiger partial charge < -0.3 is 23.9 Å². The number of hydrogen-bond donors (Lipinski definition) is 0. The Bertz CT molecular complexity index is 897. The molecule has 1 aromatic carbocycles. The summed E-state index contributed by atoms with van der Waals surface area (Å²) in [7, 11) is 3.71. The first-order valence-corrected chi connectivity index (χ1v) is 10.3. The highest BCUT2D eigenvalue weighted by Gasteiger charge is 2.27. The van der Waals surface area contributed by atoms with Crippen molar-refractivity contribution in [3.63, 3.8) is 0 Å². The van der Waals surface area contributed by atoms with Crippen LogP contribution < -0.4 is 4.74 Å². The normalized spacial score (nSPS) is 17.3. The average Bonchev–Trinajstić information content (AvgIpc) is 3.10. The number of nitrogens with zero attached hydrogens (tertiary/aromatic N) is 4. The van der Waals surface area contributed by atoms with Crippen LogP contribution in [0.15, 0.2) is 24.4 Å². The Morgan fingerprint density at radius 3 is 2.77 bits per heavy atom. The summed E-state index contributed by atoms with van der Waals surface area (Å²) in [5, 5.41) is 10.4. The second kappa shape index (κ2) is 9.80. The van der Waals surface area contributed by atoms with Crippen molar-refractivity contribution in [2.24, 2.45) is 0 Å². The zero-order valence-corrected chi connectivity index (χ0v) is 17.9. The molecule has 1 aliphatic heterocycles. The highest BCUT2D eigenvalue weighted by atomic mass is 16.9. The predicted octanol–water partition coefficient (Wildman–Crippen LogP) is 2.80. The molecule has 1 saturated heterocycles. The maximum absolute atomic E-state index is 13.3. The van der Waals surface area contributed by atoms with E-state index in [1.165, 1.54) is 0 Å². The number of carbonyl (C=O) groups excluding carboxylic acids is 1. The SMILES string of the molecule is COc1cccc2c(C(=O)N3CCN(C)[C@H](C)C3)cn(CCCCCO[N+](=O)[O-])c12. The molecule has 0 aliphatic carbocycles. The van der Waals surface area contributed by atoms with Crippen molar-refractivity contribution in [2.45, 2.75) is 38.8 Å². The Balaban J connectivity index is 1.78. The van der Waals surface area contributed by atoms with Gasteiger partial charge in [0.15, 0.2) is 0 Å². The molecule has 1 atom stereocenters. The lowest BCUT2D eigenvalue weighted by atomic mass is 10.1. The number of unbranched alkanes of at least 4 members (excludes halogenated alkanes) is 2. The van der Waals surface area contributed by atoms with Gasteiger partial charge in [-0.15, -0.1) is 10.1 Å². The van der Waals surface area contributed by atoms with Crippen molar-refractivity contribution in [3.05, 3.63) is 40.1 Å². The number of benzene rings is 1. The van der Waals surface area contributed by atoms with Crippen molar-refractivity contribution in [1.82, 2.24) is 14.4 Å². The summed E-state index contributed by atoms with van der Waals surface area (Å²) < 4.78 is 7.63. The number of rotatable bonds is 9. The van der Waals surface area contributed by atoms with E-state index in [0.29, 0.717) is 37.7 Å². The van der Waals surface area contributed by atoms with Gasteiger partial charge in [0.25, 0.3) is 11.0 Å². The fourth-order valence-electron chi connectivity index (χ4n) is 3.94. The van der Waals surface area contributed by atoms with Crippen molar-refractivity contribution < 1.29 is 19.5 Å². The van der Waals surface area contributed by atoms with Crippen LogP contribution in [-0.4, -0.2) is 71.8 Å². The fourth-order valence-corrected chi connectivity index (χ4v) is 3.94. The van der Waals surface area contributed by atoms with Gasteiger partial charge in [-0.2, -0.15) is 0 Å². The minimum Gasteiger partial charge on any atom is -0.495 e. The average molecular weight is 418 g/mol. The molecule has 0 saturated carbocycles. The fraction of sp³-hybridized carbons (Fsp3) is 0.571. The molecule has 9 nitrogen and oxygen atoms in total. The van der Waals surface area contributed by atoms with Crippen LogP contribution in [0.1, 0.15) is 36.5 Å². The quantitative estimate of drug-likeness (QED) is 0.353. The number of aryl methyl sites for hydroxylation is 1. The number of hydrogen-bond acceptors (Lipinski definition) is 6. The monoisotopic (exact) mass is 418 g/mol. The van der Waals surface area contributed by atoms with Gasteiger partial charge in [0.05, 0.1) is 24.8 Å². The number of para-hydroxylation sites is 1. The van der Waals surface area contributed by atoms with Crippen LogP contribution in [-0.2, 0) is 11.4 Å². The molecule has 0 bridgehead atoms. The van der Waals surface area contributed by atoms with Gasteiger partial charge in [0.2, 0.25) is 0 Å². The summed E-state index contributed by atoms with van der Waals surface area (Å²) >= 11 is 0. The Kier molecular flexibility index (Phi) is 7.15. The van der Waals surface area contributed by atoms with E-state index < -0.39 is 5.09 Å². The first kappa shape index (κ1) is 21.9. The van der Waals surface area contributed by atoms with Crippen LogP contribution in [0.25, 0.3) is 10.9 Å². The molecule has 0 radical (unpaired) electrons. The van der Waals surface area contributed by atoms with E-state index in [0.717, 1.165) is 36.0 Å². The maximum Gasteiger partial charge on any atom is 0.294 e. The Hall–Kier alpha value is -2.81. The van der Waals surface area contributed by atoms with Crippen LogP contribution in [0.5, 0.6) is 5.75 Å². The van der Waals surface area contributed by atoms with Gasteiger partial charge in [-0.1, -0.05) is 12.1 Å². The number of amides is 1. The lowest BCUT2D eigenvalue weighted by Gasteiger charge is -2.37. The van der Waals surface area contributed by atoms with Gasteiger partial charge in [-0.25, -0.2) is 0 Å². The van der Waals surface area contributed by atoms with Crippen molar-refractivity contribution >= 4 is 16.8 Å². The minimum atomic E-state index is -0.762. The Morgan fingerprint density at radius 2 is 2.07 bits per heavy atom. The van der Waals surface area contributed by atoms with E-state index in [2.05, 4.69) is 28.3 Å². The summed E-state index contributed by atoms with van der Waals surface area (Å²) in [6.45, 7) is 5.22. The van der Waals surface area contributed by atoms with Gasteiger partial charge in [0, 0.05) is 43.8 Å². The molecule has 30 heavy (non-hydrogen) atoms. The number of methoxy groups -OCH3 is 1.